The monoisotopic (exact) mass is 468 g/mol. The number of rotatable bonds is 7. The van der Waals surface area contributed by atoms with Crippen LogP contribution < -0.4 is 10.1 Å². The first-order chi connectivity index (χ1) is 17.2. The Morgan fingerprint density at radius 3 is 2.29 bits per heavy atom. The highest BCUT2D eigenvalue weighted by molar-refractivity contribution is 5.92. The lowest BCUT2D eigenvalue weighted by atomic mass is 9.95. The number of hydrogen-bond acceptors (Lipinski definition) is 4. The van der Waals surface area contributed by atoms with Crippen LogP contribution in [-0.2, 0) is 22.7 Å². The number of aromatic nitrogens is 2. The van der Waals surface area contributed by atoms with Crippen LogP contribution in [0.5, 0.6) is 5.75 Å². The average Bonchev–Trinajstić information content (AvgIpc) is 3.26. The van der Waals surface area contributed by atoms with Gasteiger partial charge >= 0.3 is 0 Å². The Bertz CT molecular complexity index is 1300. The van der Waals surface area contributed by atoms with Gasteiger partial charge in [-0.05, 0) is 49.2 Å². The second-order valence-corrected chi connectivity index (χ2v) is 8.71. The molecule has 2 amide bonds. The predicted molar refractivity (Wildman–Crippen MR) is 135 cm³/mol. The number of imidazole rings is 1. The highest BCUT2D eigenvalue weighted by Crippen LogP contribution is 2.22. The number of nitrogens with one attached hydrogen (secondary N) is 1. The smallest absolute Gasteiger partial charge is 0.242 e. The molecule has 0 unspecified atom stereocenters. The average molecular weight is 469 g/mol. The Hall–Kier alpha value is -4.13. The fourth-order valence-electron chi connectivity index (χ4n) is 4.47. The second kappa shape index (κ2) is 10.4. The molecule has 0 bridgehead atoms. The van der Waals surface area contributed by atoms with E-state index >= 15 is 0 Å². The number of carbonyl (C=O) groups is 2. The summed E-state index contributed by atoms with van der Waals surface area (Å²) in [7, 11) is 0. The maximum absolute atomic E-state index is 13.2. The highest BCUT2D eigenvalue weighted by Gasteiger charge is 2.28. The molecule has 0 spiro atoms. The molecule has 1 aliphatic rings. The molecule has 3 aromatic carbocycles. The highest BCUT2D eigenvalue weighted by atomic mass is 16.5. The first-order valence-electron chi connectivity index (χ1n) is 11.9. The zero-order valence-corrected chi connectivity index (χ0v) is 19.5. The van der Waals surface area contributed by atoms with Gasteiger partial charge in [0.1, 0.15) is 24.7 Å². The van der Waals surface area contributed by atoms with Crippen molar-refractivity contribution >= 4 is 28.5 Å². The maximum Gasteiger partial charge on any atom is 0.242 e. The fraction of sp³-hybridized carbons (Fsp3) is 0.250. The van der Waals surface area contributed by atoms with E-state index in [1.54, 1.807) is 0 Å². The van der Waals surface area contributed by atoms with Crippen LogP contribution >= 0.6 is 0 Å². The van der Waals surface area contributed by atoms with E-state index in [-0.39, 0.29) is 30.9 Å². The van der Waals surface area contributed by atoms with Crippen LogP contribution in [-0.4, -0.2) is 39.4 Å². The van der Waals surface area contributed by atoms with Gasteiger partial charge in [0, 0.05) is 24.7 Å². The number of carbonyl (C=O) groups excluding carboxylic acids is 2. The number of ether oxygens (including phenoxy) is 1. The molecule has 5 rings (SSSR count). The van der Waals surface area contributed by atoms with Crippen molar-refractivity contribution in [3.63, 3.8) is 0 Å². The van der Waals surface area contributed by atoms with E-state index < -0.39 is 0 Å². The molecule has 0 radical (unpaired) electrons. The van der Waals surface area contributed by atoms with E-state index in [1.807, 2.05) is 94.4 Å². The largest absolute Gasteiger partial charge is 0.486 e. The predicted octanol–water partition coefficient (Wildman–Crippen LogP) is 4.49. The standard InChI is InChI=1S/C28H28N4O3/c33-27(31-17-15-21(16-18-31)28(34)29-22-9-3-1-4-10-22)19-32-25-14-8-7-13-24(25)30-26(32)20-35-23-11-5-2-6-12-23/h1-14,21H,15-20H2,(H,29,34). The van der Waals surface area contributed by atoms with Gasteiger partial charge in [-0.25, -0.2) is 4.98 Å². The van der Waals surface area contributed by atoms with E-state index in [9.17, 15) is 9.59 Å². The number of fused-ring (bicyclic) bond motifs is 1. The minimum absolute atomic E-state index is 0.0178. The third kappa shape index (κ3) is 5.35. The summed E-state index contributed by atoms with van der Waals surface area (Å²) < 4.78 is 7.87. The van der Waals surface area contributed by atoms with Gasteiger partial charge in [0.15, 0.2) is 0 Å². The van der Waals surface area contributed by atoms with Crippen LogP contribution in [0.2, 0.25) is 0 Å². The first-order valence-corrected chi connectivity index (χ1v) is 11.9. The van der Waals surface area contributed by atoms with Crippen LogP contribution in [0.15, 0.2) is 84.9 Å². The molecule has 1 aromatic heterocycles. The topological polar surface area (TPSA) is 76.5 Å². The minimum atomic E-state index is -0.0943. The Labute approximate surface area is 204 Å². The molecule has 0 aliphatic carbocycles. The summed E-state index contributed by atoms with van der Waals surface area (Å²) in [6, 6.07) is 26.9. The number of piperidine rings is 1. The maximum atomic E-state index is 13.2. The van der Waals surface area contributed by atoms with Crippen LogP contribution in [0.1, 0.15) is 18.7 Å². The summed E-state index contributed by atoms with van der Waals surface area (Å²) in [5, 5.41) is 2.98. The molecule has 1 saturated heterocycles. The van der Waals surface area contributed by atoms with Crippen molar-refractivity contribution in [3.05, 3.63) is 90.8 Å². The molecular formula is C28H28N4O3. The Kier molecular flexibility index (Phi) is 6.75. The lowest BCUT2D eigenvalue weighted by Gasteiger charge is -2.31. The first kappa shape index (κ1) is 22.7. The van der Waals surface area contributed by atoms with E-state index in [0.29, 0.717) is 31.8 Å². The van der Waals surface area contributed by atoms with Crippen molar-refractivity contribution in [2.75, 3.05) is 18.4 Å². The van der Waals surface area contributed by atoms with Crippen molar-refractivity contribution in [2.24, 2.45) is 5.92 Å². The van der Waals surface area contributed by atoms with Crippen molar-refractivity contribution in [3.8, 4) is 5.75 Å². The number of nitrogens with zero attached hydrogens (tertiary/aromatic N) is 3. The van der Waals surface area contributed by atoms with Crippen molar-refractivity contribution in [1.29, 1.82) is 0 Å². The summed E-state index contributed by atoms with van der Waals surface area (Å²) >= 11 is 0. The molecule has 4 aromatic rings. The second-order valence-electron chi connectivity index (χ2n) is 8.71. The molecular weight excluding hydrogens is 440 g/mol. The van der Waals surface area contributed by atoms with Crippen LogP contribution in [0.4, 0.5) is 5.69 Å². The van der Waals surface area contributed by atoms with Crippen LogP contribution in [0, 0.1) is 5.92 Å². The summed E-state index contributed by atoms with van der Waals surface area (Å²) in [5.41, 5.74) is 2.54. The molecule has 0 saturated carbocycles. The zero-order valence-electron chi connectivity index (χ0n) is 19.5. The third-order valence-electron chi connectivity index (χ3n) is 6.40. The zero-order chi connectivity index (χ0) is 24.0. The van der Waals surface area contributed by atoms with E-state index in [4.69, 9.17) is 9.72 Å². The van der Waals surface area contributed by atoms with Crippen molar-refractivity contribution in [1.82, 2.24) is 14.5 Å². The number of amides is 2. The van der Waals surface area contributed by atoms with Crippen molar-refractivity contribution in [2.45, 2.75) is 26.0 Å². The van der Waals surface area contributed by atoms with Gasteiger partial charge in [-0.2, -0.15) is 0 Å². The molecule has 0 atom stereocenters. The van der Waals surface area contributed by atoms with Gasteiger partial charge in [-0.15, -0.1) is 0 Å². The van der Waals surface area contributed by atoms with Gasteiger partial charge in [0.25, 0.3) is 0 Å². The molecule has 7 heteroatoms. The Balaban J connectivity index is 1.23. The molecule has 1 aliphatic heterocycles. The van der Waals surface area contributed by atoms with Crippen LogP contribution in [0.25, 0.3) is 11.0 Å². The Morgan fingerprint density at radius 2 is 1.54 bits per heavy atom. The summed E-state index contributed by atoms with van der Waals surface area (Å²) in [6.07, 6.45) is 1.30. The summed E-state index contributed by atoms with van der Waals surface area (Å²) in [5.74, 6) is 1.41. The number of likely N-dealkylation sites (tertiary alicyclic amines) is 1. The number of anilines is 1. The lowest BCUT2D eigenvalue weighted by molar-refractivity contribution is -0.135. The van der Waals surface area contributed by atoms with E-state index in [0.717, 1.165) is 22.5 Å². The lowest BCUT2D eigenvalue weighted by Crippen LogP contribution is -2.42. The quantitative estimate of drug-likeness (QED) is 0.434. The van der Waals surface area contributed by atoms with Crippen molar-refractivity contribution < 1.29 is 14.3 Å². The number of para-hydroxylation sites is 4. The molecule has 7 nitrogen and oxygen atoms in total. The molecule has 2 heterocycles. The van der Waals surface area contributed by atoms with Gasteiger partial charge in [0.05, 0.1) is 11.0 Å². The van der Waals surface area contributed by atoms with Gasteiger partial charge in [-0.3, -0.25) is 9.59 Å². The third-order valence-corrected chi connectivity index (χ3v) is 6.40. The molecule has 1 fully saturated rings. The SMILES string of the molecule is O=C(Nc1ccccc1)C1CCN(C(=O)Cn2c(COc3ccccc3)nc3ccccc32)CC1. The normalized spacial score (nSPS) is 14.1. The fourth-order valence-corrected chi connectivity index (χ4v) is 4.47. The summed E-state index contributed by atoms with van der Waals surface area (Å²) in [6.45, 7) is 1.59. The van der Waals surface area contributed by atoms with E-state index in [1.165, 1.54) is 0 Å². The minimum Gasteiger partial charge on any atom is -0.486 e. The summed E-state index contributed by atoms with van der Waals surface area (Å²) in [4.78, 5) is 32.4. The number of benzene rings is 3. The van der Waals surface area contributed by atoms with Crippen LogP contribution in [0.3, 0.4) is 0 Å². The van der Waals surface area contributed by atoms with Gasteiger partial charge in [-0.1, -0.05) is 48.5 Å². The molecule has 35 heavy (non-hydrogen) atoms. The molecule has 178 valence electrons. The Morgan fingerprint density at radius 1 is 0.886 bits per heavy atom. The van der Waals surface area contributed by atoms with Gasteiger partial charge < -0.3 is 19.5 Å². The van der Waals surface area contributed by atoms with E-state index in [2.05, 4.69) is 5.32 Å². The van der Waals surface area contributed by atoms with Gasteiger partial charge in [0.2, 0.25) is 11.8 Å². The molecule has 1 N–H and O–H groups in total. The number of hydrogen-bond donors (Lipinski definition) is 1.